The molecule has 2 aromatic carbocycles. The van der Waals surface area contributed by atoms with E-state index < -0.39 is 0 Å². The van der Waals surface area contributed by atoms with E-state index in [1.165, 1.54) is 21.9 Å². The van der Waals surface area contributed by atoms with E-state index in [1.54, 1.807) is 6.92 Å². The molecule has 0 aliphatic rings. The SMILES string of the molecule is CCc1ccc2cc(C(C)=O)cc(CC)c2c1. The van der Waals surface area contributed by atoms with Gasteiger partial charge in [0.25, 0.3) is 0 Å². The van der Waals surface area contributed by atoms with Crippen molar-refractivity contribution < 1.29 is 4.79 Å². The molecule has 0 aliphatic carbocycles. The predicted molar refractivity (Wildman–Crippen MR) is 72.7 cm³/mol. The van der Waals surface area contributed by atoms with Crippen LogP contribution in [0.3, 0.4) is 0 Å². The number of Topliss-reactive ketones (excluding diaryl/α,β-unsaturated/α-hetero) is 1. The number of carbonyl (C=O) groups excluding carboxylic acids is 1. The Balaban J connectivity index is 2.72. The molecule has 17 heavy (non-hydrogen) atoms. The second-order valence-corrected chi connectivity index (χ2v) is 4.45. The molecule has 0 bridgehead atoms. The minimum Gasteiger partial charge on any atom is -0.295 e. The lowest BCUT2D eigenvalue weighted by Gasteiger charge is -2.09. The first-order valence-corrected chi connectivity index (χ1v) is 6.22. The van der Waals surface area contributed by atoms with Crippen molar-refractivity contribution in [1.82, 2.24) is 0 Å². The molecule has 0 radical (unpaired) electrons. The van der Waals surface area contributed by atoms with Crippen molar-refractivity contribution in [1.29, 1.82) is 0 Å². The molecule has 0 saturated carbocycles. The largest absolute Gasteiger partial charge is 0.295 e. The van der Waals surface area contributed by atoms with Crippen molar-refractivity contribution in [3.8, 4) is 0 Å². The van der Waals surface area contributed by atoms with Gasteiger partial charge in [-0.2, -0.15) is 0 Å². The minimum atomic E-state index is 0.140. The fourth-order valence-electron chi connectivity index (χ4n) is 2.20. The van der Waals surface area contributed by atoms with Gasteiger partial charge >= 0.3 is 0 Å². The molecule has 0 saturated heterocycles. The van der Waals surface area contributed by atoms with Crippen LogP contribution in [0.1, 0.15) is 42.3 Å². The Morgan fingerprint density at radius 1 is 1.06 bits per heavy atom. The van der Waals surface area contributed by atoms with Crippen molar-refractivity contribution in [2.75, 3.05) is 0 Å². The van der Waals surface area contributed by atoms with Gasteiger partial charge in [0, 0.05) is 5.56 Å². The molecule has 0 fully saturated rings. The molecule has 0 aliphatic heterocycles. The molecule has 0 heterocycles. The summed E-state index contributed by atoms with van der Waals surface area (Å²) in [5.41, 5.74) is 3.43. The highest BCUT2D eigenvalue weighted by Crippen LogP contribution is 2.23. The Morgan fingerprint density at radius 2 is 1.82 bits per heavy atom. The second-order valence-electron chi connectivity index (χ2n) is 4.45. The lowest BCUT2D eigenvalue weighted by atomic mass is 9.96. The average molecular weight is 226 g/mol. The number of hydrogen-bond acceptors (Lipinski definition) is 1. The molecule has 0 N–H and O–H groups in total. The van der Waals surface area contributed by atoms with Gasteiger partial charge in [0.05, 0.1) is 0 Å². The van der Waals surface area contributed by atoms with Crippen molar-refractivity contribution in [2.45, 2.75) is 33.6 Å². The van der Waals surface area contributed by atoms with Crippen LogP contribution in [-0.4, -0.2) is 5.78 Å². The van der Waals surface area contributed by atoms with E-state index >= 15 is 0 Å². The maximum Gasteiger partial charge on any atom is 0.159 e. The Kier molecular flexibility index (Phi) is 3.28. The number of ketones is 1. The predicted octanol–water partition coefficient (Wildman–Crippen LogP) is 4.17. The molecule has 0 aromatic heterocycles. The lowest BCUT2D eigenvalue weighted by molar-refractivity contribution is 0.101. The molecular weight excluding hydrogens is 208 g/mol. The Hall–Kier alpha value is -1.63. The van der Waals surface area contributed by atoms with Crippen LogP contribution in [0.4, 0.5) is 0 Å². The van der Waals surface area contributed by atoms with E-state index in [-0.39, 0.29) is 5.78 Å². The average Bonchev–Trinajstić information content (AvgIpc) is 2.36. The summed E-state index contributed by atoms with van der Waals surface area (Å²) in [4.78, 5) is 11.5. The van der Waals surface area contributed by atoms with E-state index in [2.05, 4.69) is 32.0 Å². The maximum atomic E-state index is 11.5. The summed E-state index contributed by atoms with van der Waals surface area (Å²) in [5.74, 6) is 0.140. The summed E-state index contributed by atoms with van der Waals surface area (Å²) in [6.07, 6.45) is 2.01. The summed E-state index contributed by atoms with van der Waals surface area (Å²) < 4.78 is 0. The lowest BCUT2D eigenvalue weighted by Crippen LogP contribution is -1.95. The number of hydrogen-bond donors (Lipinski definition) is 0. The first-order valence-electron chi connectivity index (χ1n) is 6.22. The first kappa shape index (κ1) is 11.8. The fourth-order valence-corrected chi connectivity index (χ4v) is 2.20. The Bertz CT molecular complexity index is 567. The number of carbonyl (C=O) groups is 1. The molecule has 0 spiro atoms. The molecule has 1 heteroatoms. The number of fused-ring (bicyclic) bond motifs is 1. The molecule has 2 rings (SSSR count). The van der Waals surface area contributed by atoms with Gasteiger partial charge in [-0.25, -0.2) is 0 Å². The summed E-state index contributed by atoms with van der Waals surface area (Å²) in [6.45, 7) is 5.93. The van der Waals surface area contributed by atoms with Crippen LogP contribution in [0.15, 0.2) is 30.3 Å². The maximum absolute atomic E-state index is 11.5. The molecule has 0 unspecified atom stereocenters. The topological polar surface area (TPSA) is 17.1 Å². The number of rotatable bonds is 3. The van der Waals surface area contributed by atoms with E-state index in [9.17, 15) is 4.79 Å². The van der Waals surface area contributed by atoms with Crippen LogP contribution < -0.4 is 0 Å². The van der Waals surface area contributed by atoms with Crippen molar-refractivity contribution in [3.05, 3.63) is 47.0 Å². The third-order valence-electron chi connectivity index (χ3n) is 3.30. The summed E-state index contributed by atoms with van der Waals surface area (Å²) in [5, 5.41) is 2.46. The summed E-state index contributed by atoms with van der Waals surface area (Å²) in [6, 6.07) is 10.5. The van der Waals surface area contributed by atoms with Gasteiger partial charge in [-0.1, -0.05) is 32.0 Å². The third-order valence-corrected chi connectivity index (χ3v) is 3.30. The number of benzene rings is 2. The fraction of sp³-hybridized carbons (Fsp3) is 0.312. The second kappa shape index (κ2) is 4.70. The van der Waals surface area contributed by atoms with Crippen LogP contribution in [0.25, 0.3) is 10.8 Å². The van der Waals surface area contributed by atoms with Crippen LogP contribution in [-0.2, 0) is 12.8 Å². The highest BCUT2D eigenvalue weighted by Gasteiger charge is 2.06. The molecule has 0 amide bonds. The van der Waals surface area contributed by atoms with Gasteiger partial charge in [0.15, 0.2) is 5.78 Å². The van der Waals surface area contributed by atoms with Crippen LogP contribution >= 0.6 is 0 Å². The van der Waals surface area contributed by atoms with Gasteiger partial charge in [0.2, 0.25) is 0 Å². The zero-order chi connectivity index (χ0) is 12.4. The van der Waals surface area contributed by atoms with Gasteiger partial charge < -0.3 is 0 Å². The quantitative estimate of drug-likeness (QED) is 0.718. The first-order chi connectivity index (χ1) is 8.15. The standard InChI is InChI=1S/C16H18O/c1-4-12-6-7-14-10-15(11(3)17)9-13(5-2)16(14)8-12/h6-10H,4-5H2,1-3H3. The molecule has 1 nitrogen and oxygen atoms in total. The molecule has 88 valence electrons. The minimum absolute atomic E-state index is 0.140. The molecule has 0 atom stereocenters. The van der Waals surface area contributed by atoms with Crippen molar-refractivity contribution in [3.63, 3.8) is 0 Å². The van der Waals surface area contributed by atoms with Crippen LogP contribution in [0.5, 0.6) is 0 Å². The van der Waals surface area contributed by atoms with Gasteiger partial charge in [-0.3, -0.25) is 4.79 Å². The highest BCUT2D eigenvalue weighted by molar-refractivity contribution is 5.99. The van der Waals surface area contributed by atoms with Crippen molar-refractivity contribution in [2.24, 2.45) is 0 Å². The van der Waals surface area contributed by atoms with Gasteiger partial charge in [-0.05, 0) is 53.8 Å². The summed E-state index contributed by atoms with van der Waals surface area (Å²) in [7, 11) is 0. The number of aryl methyl sites for hydroxylation is 2. The van der Waals surface area contributed by atoms with E-state index in [1.807, 2.05) is 12.1 Å². The normalized spacial score (nSPS) is 10.8. The Labute approximate surface area is 102 Å². The van der Waals surface area contributed by atoms with Crippen molar-refractivity contribution >= 4 is 16.6 Å². The molecule has 2 aromatic rings. The van der Waals surface area contributed by atoms with E-state index in [0.29, 0.717) is 0 Å². The van der Waals surface area contributed by atoms with Crippen LogP contribution in [0.2, 0.25) is 0 Å². The monoisotopic (exact) mass is 226 g/mol. The van der Waals surface area contributed by atoms with Crippen LogP contribution in [0, 0.1) is 0 Å². The molecular formula is C16H18O. The zero-order valence-electron chi connectivity index (χ0n) is 10.7. The smallest absolute Gasteiger partial charge is 0.159 e. The highest BCUT2D eigenvalue weighted by atomic mass is 16.1. The van der Waals surface area contributed by atoms with Gasteiger partial charge in [0.1, 0.15) is 0 Å². The zero-order valence-corrected chi connectivity index (χ0v) is 10.7. The van der Waals surface area contributed by atoms with E-state index in [0.717, 1.165) is 18.4 Å². The Morgan fingerprint density at radius 3 is 2.41 bits per heavy atom. The third kappa shape index (κ3) is 2.23. The summed E-state index contributed by atoms with van der Waals surface area (Å²) >= 11 is 0. The van der Waals surface area contributed by atoms with Gasteiger partial charge in [-0.15, -0.1) is 0 Å². The van der Waals surface area contributed by atoms with E-state index in [4.69, 9.17) is 0 Å².